The van der Waals surface area contributed by atoms with Gasteiger partial charge in [-0.05, 0) is 19.1 Å². The number of phenolic OH excluding ortho intramolecular Hbond substituents is 2. The van der Waals surface area contributed by atoms with Crippen LogP contribution < -0.4 is 0 Å². The van der Waals surface area contributed by atoms with Crippen LogP contribution in [0.25, 0.3) is 10.8 Å². The number of hydrogen-bond acceptors (Lipinski definition) is 6. The van der Waals surface area contributed by atoms with Crippen molar-refractivity contribution >= 4 is 28.1 Å². The molecule has 0 aliphatic rings. The van der Waals surface area contributed by atoms with Crippen LogP contribution in [0.1, 0.15) is 15.9 Å². The Balaban J connectivity index is 2.11. The van der Waals surface area contributed by atoms with Gasteiger partial charge in [-0.25, -0.2) is 4.79 Å². The van der Waals surface area contributed by atoms with Crippen molar-refractivity contribution in [2.75, 3.05) is 0 Å². The Kier molecular flexibility index (Phi) is 3.98. The second kappa shape index (κ2) is 6.12. The molecular weight excluding hydrogens is 324 g/mol. The molecule has 0 saturated heterocycles. The molecule has 0 aliphatic heterocycles. The number of fused-ring (bicyclic) bond motifs is 1. The third kappa shape index (κ3) is 2.83. The molecular formula is C18H14N2O5. The summed E-state index contributed by atoms with van der Waals surface area (Å²) in [5.41, 5.74) is 0.425. The van der Waals surface area contributed by atoms with Crippen molar-refractivity contribution in [1.82, 2.24) is 0 Å². The van der Waals surface area contributed by atoms with Gasteiger partial charge in [0.15, 0.2) is 0 Å². The first-order valence-corrected chi connectivity index (χ1v) is 7.31. The minimum Gasteiger partial charge on any atom is -0.507 e. The average molecular weight is 338 g/mol. The van der Waals surface area contributed by atoms with Crippen LogP contribution >= 0.6 is 0 Å². The van der Waals surface area contributed by atoms with Crippen molar-refractivity contribution in [1.29, 1.82) is 0 Å². The third-order valence-corrected chi connectivity index (χ3v) is 3.85. The Labute approximate surface area is 142 Å². The molecule has 0 heterocycles. The minimum absolute atomic E-state index is 0.0319. The molecule has 4 N–H and O–H groups in total. The number of rotatable bonds is 3. The summed E-state index contributed by atoms with van der Waals surface area (Å²) in [6, 6.07) is 10.6. The number of nitrogens with zero attached hydrogens (tertiary/aromatic N) is 2. The lowest BCUT2D eigenvalue weighted by molar-refractivity contribution is 0.0694. The third-order valence-electron chi connectivity index (χ3n) is 3.85. The minimum atomic E-state index is -1.25. The lowest BCUT2D eigenvalue weighted by Gasteiger charge is -2.10. The Morgan fingerprint density at radius 3 is 2.24 bits per heavy atom. The lowest BCUT2D eigenvalue weighted by atomic mass is 10.0. The molecule has 3 aromatic carbocycles. The average Bonchev–Trinajstić information content (AvgIpc) is 2.59. The number of aromatic hydroxyl groups is 3. The number of hydrogen-bond donors (Lipinski definition) is 4. The van der Waals surface area contributed by atoms with Gasteiger partial charge in [0.1, 0.15) is 28.5 Å². The summed E-state index contributed by atoms with van der Waals surface area (Å²) in [5.74, 6) is -1.92. The molecule has 3 aromatic rings. The molecule has 0 fully saturated rings. The van der Waals surface area contributed by atoms with Crippen molar-refractivity contribution in [2.24, 2.45) is 10.2 Å². The van der Waals surface area contributed by atoms with E-state index in [1.54, 1.807) is 31.2 Å². The molecule has 126 valence electrons. The molecule has 0 spiro atoms. The Bertz CT molecular complexity index is 1030. The summed E-state index contributed by atoms with van der Waals surface area (Å²) >= 11 is 0. The number of azo groups is 1. The van der Waals surface area contributed by atoms with E-state index in [1.165, 1.54) is 18.2 Å². The van der Waals surface area contributed by atoms with E-state index < -0.39 is 11.7 Å². The van der Waals surface area contributed by atoms with Crippen molar-refractivity contribution in [2.45, 2.75) is 6.92 Å². The van der Waals surface area contributed by atoms with Crippen LogP contribution in [0.4, 0.5) is 11.4 Å². The number of carboxylic acids is 1. The summed E-state index contributed by atoms with van der Waals surface area (Å²) in [6.07, 6.45) is 0. The molecule has 25 heavy (non-hydrogen) atoms. The van der Waals surface area contributed by atoms with E-state index in [-0.39, 0.29) is 34.0 Å². The molecule has 0 bridgehead atoms. The van der Waals surface area contributed by atoms with Gasteiger partial charge in [-0.15, -0.1) is 5.11 Å². The van der Waals surface area contributed by atoms with Gasteiger partial charge in [-0.2, -0.15) is 5.11 Å². The Morgan fingerprint density at radius 2 is 1.60 bits per heavy atom. The topological polar surface area (TPSA) is 123 Å². The molecule has 3 rings (SSSR count). The number of carboxylic acid groups (broad SMARTS) is 1. The van der Waals surface area contributed by atoms with Crippen LogP contribution in [0, 0.1) is 6.92 Å². The maximum atomic E-state index is 10.9. The number of aromatic carboxylic acids is 1. The highest BCUT2D eigenvalue weighted by atomic mass is 16.4. The van der Waals surface area contributed by atoms with Gasteiger partial charge >= 0.3 is 5.97 Å². The fraction of sp³-hybridized carbons (Fsp3) is 0.0556. The second-order valence-electron chi connectivity index (χ2n) is 5.42. The lowest BCUT2D eigenvalue weighted by Crippen LogP contribution is -1.95. The van der Waals surface area contributed by atoms with Crippen LogP contribution in [0.5, 0.6) is 17.2 Å². The Morgan fingerprint density at radius 1 is 0.920 bits per heavy atom. The number of phenols is 3. The van der Waals surface area contributed by atoms with Crippen molar-refractivity contribution in [3.8, 4) is 17.2 Å². The van der Waals surface area contributed by atoms with Gasteiger partial charge in [-0.1, -0.05) is 24.3 Å². The van der Waals surface area contributed by atoms with Crippen LogP contribution in [0.15, 0.2) is 52.7 Å². The maximum absolute atomic E-state index is 10.9. The van der Waals surface area contributed by atoms with Crippen molar-refractivity contribution < 1.29 is 25.2 Å². The van der Waals surface area contributed by atoms with Gasteiger partial charge in [0, 0.05) is 22.4 Å². The first kappa shape index (κ1) is 16.3. The molecule has 7 nitrogen and oxygen atoms in total. The van der Waals surface area contributed by atoms with E-state index in [1.807, 2.05) is 0 Å². The SMILES string of the molecule is Cc1c(O)c(N=Nc2ccc(C(=O)O)c(O)c2)c2ccccc2c1O. The summed E-state index contributed by atoms with van der Waals surface area (Å²) < 4.78 is 0. The molecule has 7 heteroatoms. The first-order chi connectivity index (χ1) is 11.9. The molecule has 0 unspecified atom stereocenters. The zero-order chi connectivity index (χ0) is 18.1. The summed E-state index contributed by atoms with van der Waals surface area (Å²) in [5, 5.41) is 48.1. The second-order valence-corrected chi connectivity index (χ2v) is 5.42. The molecule has 0 radical (unpaired) electrons. The van der Waals surface area contributed by atoms with E-state index in [0.717, 1.165) is 0 Å². The molecule has 0 aromatic heterocycles. The zero-order valence-corrected chi connectivity index (χ0v) is 13.1. The van der Waals surface area contributed by atoms with Crippen molar-refractivity contribution in [3.63, 3.8) is 0 Å². The van der Waals surface area contributed by atoms with Gasteiger partial charge in [-0.3, -0.25) is 0 Å². The highest BCUT2D eigenvalue weighted by Crippen LogP contribution is 2.44. The molecule has 0 saturated carbocycles. The zero-order valence-electron chi connectivity index (χ0n) is 13.1. The van der Waals surface area contributed by atoms with Crippen LogP contribution in [-0.2, 0) is 0 Å². The maximum Gasteiger partial charge on any atom is 0.339 e. The largest absolute Gasteiger partial charge is 0.507 e. The summed E-state index contributed by atoms with van der Waals surface area (Å²) in [4.78, 5) is 10.9. The summed E-state index contributed by atoms with van der Waals surface area (Å²) in [6.45, 7) is 1.56. The predicted octanol–water partition coefficient (Wildman–Crippen LogP) is 4.38. The van der Waals surface area contributed by atoms with E-state index >= 15 is 0 Å². The first-order valence-electron chi connectivity index (χ1n) is 7.31. The van der Waals surface area contributed by atoms with E-state index in [4.69, 9.17) is 5.11 Å². The van der Waals surface area contributed by atoms with Crippen LogP contribution in [-0.4, -0.2) is 26.4 Å². The van der Waals surface area contributed by atoms with Gasteiger partial charge < -0.3 is 20.4 Å². The molecule has 0 atom stereocenters. The molecule has 0 aliphatic carbocycles. The van der Waals surface area contributed by atoms with Crippen LogP contribution in [0.3, 0.4) is 0 Å². The van der Waals surface area contributed by atoms with E-state index in [0.29, 0.717) is 10.8 Å². The van der Waals surface area contributed by atoms with E-state index in [9.17, 15) is 20.1 Å². The summed E-state index contributed by atoms with van der Waals surface area (Å²) in [7, 11) is 0. The quantitative estimate of drug-likeness (QED) is 0.528. The van der Waals surface area contributed by atoms with Crippen molar-refractivity contribution in [3.05, 3.63) is 53.6 Å². The normalized spacial score (nSPS) is 11.2. The predicted molar refractivity (Wildman–Crippen MR) is 91.3 cm³/mol. The number of benzene rings is 3. The fourth-order valence-corrected chi connectivity index (χ4v) is 2.49. The van der Waals surface area contributed by atoms with Crippen LogP contribution in [0.2, 0.25) is 0 Å². The highest BCUT2D eigenvalue weighted by Gasteiger charge is 2.16. The molecule has 0 amide bonds. The van der Waals surface area contributed by atoms with Gasteiger partial charge in [0.25, 0.3) is 0 Å². The standard InChI is InChI=1S/C18H14N2O5/c1-9-16(22)12-5-3-2-4-11(12)15(17(9)23)20-19-10-6-7-13(18(24)25)14(21)8-10/h2-8,21-23H,1H3,(H,24,25). The number of carbonyl (C=O) groups is 1. The van der Waals surface area contributed by atoms with Gasteiger partial charge in [0.05, 0.1) is 5.69 Å². The fourth-order valence-electron chi connectivity index (χ4n) is 2.49. The highest BCUT2D eigenvalue weighted by molar-refractivity contribution is 6.00. The Hall–Kier alpha value is -3.61. The smallest absolute Gasteiger partial charge is 0.339 e. The van der Waals surface area contributed by atoms with E-state index in [2.05, 4.69) is 10.2 Å². The van der Waals surface area contributed by atoms with Gasteiger partial charge in [0.2, 0.25) is 0 Å². The monoisotopic (exact) mass is 338 g/mol.